The van der Waals surface area contributed by atoms with Gasteiger partial charge in [-0.3, -0.25) is 14.9 Å². The minimum Gasteiger partial charge on any atom is -0.286 e. The Labute approximate surface area is 78.1 Å². The summed E-state index contributed by atoms with van der Waals surface area (Å²) in [7, 11) is 0. The van der Waals surface area contributed by atoms with E-state index in [9.17, 15) is 14.9 Å². The fourth-order valence-electron chi connectivity index (χ4n) is 1.21. The van der Waals surface area contributed by atoms with E-state index in [1.165, 1.54) is 12.1 Å². The first-order valence-corrected chi connectivity index (χ1v) is 4.46. The lowest BCUT2D eigenvalue weighted by Crippen LogP contribution is -1.89. The van der Waals surface area contributed by atoms with Gasteiger partial charge in [0.2, 0.25) is 0 Å². The zero-order valence-corrected chi connectivity index (χ0v) is 7.34. The van der Waals surface area contributed by atoms with Gasteiger partial charge in [0, 0.05) is 23.4 Å². The summed E-state index contributed by atoms with van der Waals surface area (Å²) in [6, 6.07) is 4.52. The van der Waals surface area contributed by atoms with Crippen LogP contribution in [0.1, 0.15) is 5.56 Å². The first kappa shape index (κ1) is 8.25. The molecular weight excluding hydrogens is 190 g/mol. The number of hydrogen-bond acceptors (Lipinski definition) is 4. The standard InChI is InChI=1S/C8H5NO3S/c10-8-3-5-1-2-6(9(11)12)4-7(5)13-8/h1-2,4H,3H2. The van der Waals surface area contributed by atoms with Gasteiger partial charge >= 0.3 is 0 Å². The second kappa shape index (κ2) is 2.85. The Balaban J connectivity index is 2.45. The van der Waals surface area contributed by atoms with Crippen LogP contribution in [0.5, 0.6) is 0 Å². The van der Waals surface area contributed by atoms with E-state index in [2.05, 4.69) is 0 Å². The third-order valence-corrected chi connectivity index (χ3v) is 2.79. The minimum absolute atomic E-state index is 0.0425. The van der Waals surface area contributed by atoms with E-state index in [0.717, 1.165) is 22.2 Å². The molecule has 0 saturated heterocycles. The smallest absolute Gasteiger partial charge is 0.270 e. The fraction of sp³-hybridized carbons (Fsp3) is 0.125. The van der Waals surface area contributed by atoms with E-state index < -0.39 is 4.92 Å². The molecule has 0 fully saturated rings. The molecule has 66 valence electrons. The van der Waals surface area contributed by atoms with Crippen LogP contribution in [0.15, 0.2) is 23.1 Å². The van der Waals surface area contributed by atoms with E-state index in [0.29, 0.717) is 6.42 Å². The van der Waals surface area contributed by atoms with Crippen molar-refractivity contribution in [1.82, 2.24) is 0 Å². The molecule has 1 aliphatic rings. The average Bonchev–Trinajstić information content (AvgIpc) is 2.42. The topological polar surface area (TPSA) is 60.2 Å². The van der Waals surface area contributed by atoms with Crippen molar-refractivity contribution in [3.63, 3.8) is 0 Å². The molecule has 1 aliphatic heterocycles. The van der Waals surface area contributed by atoms with Crippen molar-refractivity contribution in [2.45, 2.75) is 11.3 Å². The average molecular weight is 195 g/mol. The Hall–Kier alpha value is -1.36. The van der Waals surface area contributed by atoms with Gasteiger partial charge < -0.3 is 0 Å². The minimum atomic E-state index is -0.455. The molecule has 2 rings (SSSR count). The number of rotatable bonds is 1. The second-order valence-corrected chi connectivity index (χ2v) is 3.80. The Morgan fingerprint density at radius 2 is 2.23 bits per heavy atom. The lowest BCUT2D eigenvalue weighted by atomic mass is 10.1. The highest BCUT2D eigenvalue weighted by atomic mass is 32.2. The number of carbonyl (C=O) groups is 1. The van der Waals surface area contributed by atoms with Gasteiger partial charge in [-0.15, -0.1) is 0 Å². The van der Waals surface area contributed by atoms with Crippen LogP contribution in [0.4, 0.5) is 5.69 Å². The predicted octanol–water partition coefficient (Wildman–Crippen LogP) is 1.77. The largest absolute Gasteiger partial charge is 0.286 e. The Kier molecular flexibility index (Phi) is 1.81. The summed E-state index contributed by atoms with van der Waals surface area (Å²) in [5, 5.41) is 10.4. The van der Waals surface area contributed by atoms with Crippen molar-refractivity contribution < 1.29 is 9.72 Å². The number of fused-ring (bicyclic) bond motifs is 1. The normalized spacial score (nSPS) is 14.3. The van der Waals surface area contributed by atoms with Gasteiger partial charge in [0.05, 0.1) is 4.92 Å². The predicted molar refractivity (Wildman–Crippen MR) is 47.7 cm³/mol. The van der Waals surface area contributed by atoms with Gasteiger partial charge in [0.25, 0.3) is 5.69 Å². The zero-order valence-electron chi connectivity index (χ0n) is 6.52. The summed E-state index contributed by atoms with van der Waals surface area (Å²) in [5.41, 5.74) is 0.932. The summed E-state index contributed by atoms with van der Waals surface area (Å²) in [6.07, 6.45) is 0.387. The monoisotopic (exact) mass is 195 g/mol. The first-order chi connectivity index (χ1) is 6.16. The molecule has 5 heteroatoms. The van der Waals surface area contributed by atoms with Crippen LogP contribution in [-0.2, 0) is 11.2 Å². The van der Waals surface area contributed by atoms with E-state index in [1.807, 2.05) is 0 Å². The molecule has 1 heterocycles. The number of nitro benzene ring substituents is 1. The summed E-state index contributed by atoms with van der Waals surface area (Å²) in [6.45, 7) is 0. The molecule has 13 heavy (non-hydrogen) atoms. The SMILES string of the molecule is O=C1Cc2ccc([N+](=O)[O-])cc2S1. The van der Waals surface area contributed by atoms with Crippen LogP contribution >= 0.6 is 11.8 Å². The van der Waals surface area contributed by atoms with Gasteiger partial charge in [0.15, 0.2) is 5.12 Å². The molecule has 0 N–H and O–H groups in total. The van der Waals surface area contributed by atoms with Crippen molar-refractivity contribution >= 4 is 22.6 Å². The maximum absolute atomic E-state index is 11.0. The molecule has 0 unspecified atom stereocenters. The van der Waals surface area contributed by atoms with Gasteiger partial charge in [-0.2, -0.15) is 0 Å². The van der Waals surface area contributed by atoms with Crippen LogP contribution in [0.2, 0.25) is 0 Å². The number of thioether (sulfide) groups is 1. The molecular formula is C8H5NO3S. The Morgan fingerprint density at radius 1 is 1.46 bits per heavy atom. The highest BCUT2D eigenvalue weighted by molar-refractivity contribution is 8.14. The number of nitrogens with zero attached hydrogens (tertiary/aromatic N) is 1. The van der Waals surface area contributed by atoms with Crippen LogP contribution in [0, 0.1) is 10.1 Å². The molecule has 0 spiro atoms. The van der Waals surface area contributed by atoms with Gasteiger partial charge in [0.1, 0.15) is 0 Å². The van der Waals surface area contributed by atoms with Gasteiger partial charge in [-0.25, -0.2) is 0 Å². The lowest BCUT2D eigenvalue weighted by Gasteiger charge is -1.95. The fourth-order valence-corrected chi connectivity index (χ4v) is 2.14. The highest BCUT2D eigenvalue weighted by Gasteiger charge is 2.21. The van der Waals surface area contributed by atoms with E-state index in [-0.39, 0.29) is 10.8 Å². The number of carbonyl (C=O) groups excluding carboxylic acids is 1. The van der Waals surface area contributed by atoms with E-state index in [1.54, 1.807) is 6.07 Å². The van der Waals surface area contributed by atoms with Gasteiger partial charge in [-0.1, -0.05) is 17.8 Å². The molecule has 0 bridgehead atoms. The molecule has 0 atom stereocenters. The van der Waals surface area contributed by atoms with Crippen molar-refractivity contribution in [3.05, 3.63) is 33.9 Å². The van der Waals surface area contributed by atoms with E-state index >= 15 is 0 Å². The molecule has 0 aliphatic carbocycles. The molecule has 0 aromatic heterocycles. The summed E-state index contributed by atoms with van der Waals surface area (Å²) < 4.78 is 0. The number of hydrogen-bond donors (Lipinski definition) is 0. The third-order valence-electron chi connectivity index (χ3n) is 1.82. The molecule has 1 aromatic carbocycles. The van der Waals surface area contributed by atoms with Crippen molar-refractivity contribution in [2.24, 2.45) is 0 Å². The second-order valence-electron chi connectivity index (χ2n) is 2.70. The molecule has 0 amide bonds. The number of benzene rings is 1. The maximum atomic E-state index is 11.0. The van der Waals surface area contributed by atoms with Gasteiger partial charge in [-0.05, 0) is 5.56 Å². The van der Waals surface area contributed by atoms with Crippen LogP contribution in [-0.4, -0.2) is 10.0 Å². The maximum Gasteiger partial charge on any atom is 0.270 e. The van der Waals surface area contributed by atoms with Crippen molar-refractivity contribution in [1.29, 1.82) is 0 Å². The summed E-state index contributed by atoms with van der Waals surface area (Å²) in [4.78, 5) is 21.6. The zero-order chi connectivity index (χ0) is 9.42. The van der Waals surface area contributed by atoms with Crippen LogP contribution in [0.3, 0.4) is 0 Å². The summed E-state index contributed by atoms with van der Waals surface area (Å²) in [5.74, 6) is 0. The molecule has 0 radical (unpaired) electrons. The van der Waals surface area contributed by atoms with Crippen LogP contribution < -0.4 is 0 Å². The van der Waals surface area contributed by atoms with E-state index in [4.69, 9.17) is 0 Å². The number of nitro groups is 1. The number of non-ortho nitro benzene ring substituents is 1. The highest BCUT2D eigenvalue weighted by Crippen LogP contribution is 2.34. The Bertz CT molecular complexity index is 402. The molecule has 1 aromatic rings. The summed E-state index contributed by atoms with van der Waals surface area (Å²) >= 11 is 1.08. The lowest BCUT2D eigenvalue weighted by molar-refractivity contribution is -0.385. The van der Waals surface area contributed by atoms with Crippen molar-refractivity contribution in [3.8, 4) is 0 Å². The van der Waals surface area contributed by atoms with Crippen LogP contribution in [0.25, 0.3) is 0 Å². The third kappa shape index (κ3) is 1.42. The quantitative estimate of drug-likeness (QED) is 0.506. The molecule has 0 saturated carbocycles. The van der Waals surface area contributed by atoms with Crippen molar-refractivity contribution in [2.75, 3.05) is 0 Å². The molecule has 4 nitrogen and oxygen atoms in total. The first-order valence-electron chi connectivity index (χ1n) is 3.65. The Morgan fingerprint density at radius 3 is 2.92 bits per heavy atom.